The average Bonchev–Trinajstić information content (AvgIpc) is 3.70. The van der Waals surface area contributed by atoms with Crippen molar-refractivity contribution in [2.75, 3.05) is 26.2 Å². The number of halogens is 5. The molecule has 272 valence electrons. The molecular weight excluding hydrogens is 743 g/mol. The summed E-state index contributed by atoms with van der Waals surface area (Å²) in [6.07, 6.45) is 5.88. The van der Waals surface area contributed by atoms with Crippen LogP contribution in [0.1, 0.15) is 69.5 Å². The lowest BCUT2D eigenvalue weighted by Gasteiger charge is -2.56. The number of nitrogens with two attached hydrogens (primary N) is 1. The maximum Gasteiger partial charge on any atom is 0.373 e. The van der Waals surface area contributed by atoms with Crippen LogP contribution in [-0.2, 0) is 9.59 Å². The molecule has 0 spiro atoms. The first-order valence-electron chi connectivity index (χ1n) is 16.7. The van der Waals surface area contributed by atoms with Gasteiger partial charge in [0, 0.05) is 32.9 Å². The largest absolute Gasteiger partial charge is 0.373 e. The minimum absolute atomic E-state index is 0. The molecule has 2 aromatic carbocycles. The molecule has 10 rings (SSSR count). The maximum absolute atomic E-state index is 13.6. The van der Waals surface area contributed by atoms with Crippen molar-refractivity contribution in [2.24, 2.45) is 23.5 Å². The Labute approximate surface area is 316 Å². The summed E-state index contributed by atoms with van der Waals surface area (Å²) in [5.74, 6) is 1.25. The van der Waals surface area contributed by atoms with E-state index in [-0.39, 0.29) is 51.3 Å². The van der Waals surface area contributed by atoms with Crippen LogP contribution in [0.5, 0.6) is 0 Å². The molecule has 0 unspecified atom stereocenters. The van der Waals surface area contributed by atoms with Crippen LogP contribution in [-0.4, -0.2) is 65.0 Å². The third kappa shape index (κ3) is 8.62. The van der Waals surface area contributed by atoms with E-state index in [0.717, 1.165) is 44.1 Å². The van der Waals surface area contributed by atoms with Gasteiger partial charge in [-0.05, 0) is 150 Å². The summed E-state index contributed by atoms with van der Waals surface area (Å²) in [6, 6.07) is 10.2. The number of carbonyl (C=O) groups is 1. The Balaban J connectivity index is 0.000000180. The van der Waals surface area contributed by atoms with Gasteiger partial charge in [0.2, 0.25) is 0 Å². The molecular formula is C37H44Cl3F2N3O3S2. The van der Waals surface area contributed by atoms with Gasteiger partial charge in [-0.1, -0.05) is 23.2 Å². The number of ketones is 1. The van der Waals surface area contributed by atoms with Crippen LogP contribution < -0.4 is 5.73 Å². The SMILES string of the molecule is CC1(C)[C@H](CC(=O)c2cc3cc(F)c(Cl)cc3s2)C2CCN1CC2.CC1(C)[C@H](N)C2CCN1CC2.Cl.Fc1cc2ccsc2cc1Cl.O=C=O. The van der Waals surface area contributed by atoms with E-state index in [0.29, 0.717) is 24.3 Å². The van der Waals surface area contributed by atoms with Crippen LogP contribution in [0.4, 0.5) is 8.78 Å². The molecule has 4 bridgehead atoms. The summed E-state index contributed by atoms with van der Waals surface area (Å²) < 4.78 is 28.3. The first kappa shape index (κ1) is 40.8. The second kappa shape index (κ2) is 16.8. The summed E-state index contributed by atoms with van der Waals surface area (Å²) >= 11 is 14.4. The molecule has 2 atom stereocenters. The molecule has 0 aliphatic carbocycles. The molecule has 6 aliphatic rings. The van der Waals surface area contributed by atoms with Gasteiger partial charge < -0.3 is 5.73 Å². The Morgan fingerprint density at radius 3 is 1.84 bits per heavy atom. The quantitative estimate of drug-likeness (QED) is 0.208. The second-order valence-electron chi connectivity index (χ2n) is 14.4. The molecule has 4 aromatic rings. The molecule has 2 aromatic heterocycles. The predicted molar refractivity (Wildman–Crippen MR) is 203 cm³/mol. The van der Waals surface area contributed by atoms with Crippen LogP contribution in [0, 0.1) is 29.4 Å². The molecule has 0 amide bonds. The van der Waals surface area contributed by atoms with E-state index in [1.54, 1.807) is 23.5 Å². The Hall–Kier alpha value is -1.98. The zero-order chi connectivity index (χ0) is 35.7. The Morgan fingerprint density at radius 1 is 0.840 bits per heavy atom. The lowest BCUT2D eigenvalue weighted by atomic mass is 9.65. The number of Topliss-reactive ketones (excluding diaryl/α,β-unsaturated/α-hetero) is 1. The summed E-state index contributed by atoms with van der Waals surface area (Å²) in [5, 5.41) is 3.90. The molecule has 13 heteroatoms. The first-order chi connectivity index (χ1) is 23.2. The fourth-order valence-corrected chi connectivity index (χ4v) is 10.5. The van der Waals surface area contributed by atoms with Gasteiger partial charge in [0.1, 0.15) is 11.6 Å². The van der Waals surface area contributed by atoms with Gasteiger partial charge in [-0.25, -0.2) is 8.78 Å². The number of thiophene rings is 2. The van der Waals surface area contributed by atoms with Crippen LogP contribution in [0.2, 0.25) is 10.0 Å². The first-order valence-corrected chi connectivity index (χ1v) is 19.1. The number of piperidine rings is 6. The minimum Gasteiger partial charge on any atom is -0.326 e. The Kier molecular flexibility index (Phi) is 13.7. The standard InChI is InChI=1S/C19H21ClFNOS.C9H18N2.C8H4ClFS.CO2.ClH/c1-19(2)13(11-3-5-22(19)6-4-11)9-16(23)18-8-12-7-15(21)14(20)10-17(12)24-18;1-9(2)8(10)7-3-5-11(9)6-4-7;9-6-4-8-5(1-2-11-8)3-7(6)10;2-1-3;/h7-8,10-11,13H,3-6,9H2,1-2H3;7-8H,3-6,10H2,1-2H3;1-4H;;1H/t13-;8-;;;/m11.../s1. The molecule has 50 heavy (non-hydrogen) atoms. The van der Waals surface area contributed by atoms with Gasteiger partial charge in [0.15, 0.2) is 5.78 Å². The summed E-state index contributed by atoms with van der Waals surface area (Å²) in [5.41, 5.74) is 6.51. The fraction of sp³-hybridized carbons (Fsp3) is 0.514. The highest BCUT2D eigenvalue weighted by atomic mass is 35.5. The molecule has 0 radical (unpaired) electrons. The lowest BCUT2D eigenvalue weighted by molar-refractivity contribution is -0.191. The Morgan fingerprint density at radius 2 is 1.34 bits per heavy atom. The van der Waals surface area contributed by atoms with Gasteiger partial charge in [-0.2, -0.15) is 9.59 Å². The van der Waals surface area contributed by atoms with E-state index in [4.69, 9.17) is 38.5 Å². The summed E-state index contributed by atoms with van der Waals surface area (Å²) in [4.78, 5) is 34.9. The average molecular weight is 787 g/mol. The zero-order valence-corrected chi connectivity index (χ0v) is 32.6. The topological polar surface area (TPSA) is 83.7 Å². The molecule has 6 fully saturated rings. The Bertz CT molecular complexity index is 1750. The van der Waals surface area contributed by atoms with Crippen LogP contribution in [0.15, 0.2) is 41.8 Å². The molecule has 8 heterocycles. The van der Waals surface area contributed by atoms with E-state index in [9.17, 15) is 13.6 Å². The highest BCUT2D eigenvalue weighted by Crippen LogP contribution is 2.46. The van der Waals surface area contributed by atoms with Gasteiger partial charge in [0.25, 0.3) is 0 Å². The summed E-state index contributed by atoms with van der Waals surface area (Å²) in [7, 11) is 0. The smallest absolute Gasteiger partial charge is 0.326 e. The highest BCUT2D eigenvalue weighted by molar-refractivity contribution is 7.20. The maximum atomic E-state index is 13.6. The van der Waals surface area contributed by atoms with Crippen LogP contribution in [0.3, 0.4) is 0 Å². The number of nitrogens with zero attached hydrogens (tertiary/aromatic N) is 2. The normalized spacial score (nSPS) is 26.7. The fourth-order valence-electron chi connectivity index (χ4n) is 8.16. The number of fused-ring (bicyclic) bond motifs is 8. The number of hydrogen-bond acceptors (Lipinski definition) is 8. The number of carbonyl (C=O) groups excluding carboxylic acids is 3. The van der Waals surface area contributed by atoms with Gasteiger partial charge in [-0.15, -0.1) is 35.1 Å². The van der Waals surface area contributed by atoms with Crippen molar-refractivity contribution in [3.63, 3.8) is 0 Å². The minimum atomic E-state index is -0.431. The van der Waals surface area contributed by atoms with Crippen molar-refractivity contribution < 1.29 is 23.2 Å². The summed E-state index contributed by atoms with van der Waals surface area (Å²) in [6.45, 7) is 14.0. The molecule has 6 nitrogen and oxygen atoms in total. The molecule has 2 N–H and O–H groups in total. The van der Waals surface area contributed by atoms with Crippen molar-refractivity contribution >= 4 is 90.4 Å². The van der Waals surface area contributed by atoms with Crippen LogP contribution >= 0.6 is 58.3 Å². The molecule has 0 saturated carbocycles. The molecule has 6 aliphatic heterocycles. The van der Waals surface area contributed by atoms with E-state index < -0.39 is 5.82 Å². The predicted octanol–water partition coefficient (Wildman–Crippen LogP) is 9.74. The third-order valence-electron chi connectivity index (χ3n) is 11.2. The van der Waals surface area contributed by atoms with Gasteiger partial charge in [-0.3, -0.25) is 14.6 Å². The monoisotopic (exact) mass is 785 g/mol. The third-order valence-corrected chi connectivity index (χ3v) is 13.8. The van der Waals surface area contributed by atoms with Gasteiger partial charge >= 0.3 is 6.15 Å². The number of rotatable bonds is 3. The van der Waals surface area contributed by atoms with Crippen molar-refractivity contribution in [2.45, 2.75) is 76.9 Å². The highest BCUT2D eigenvalue weighted by Gasteiger charge is 2.48. The second-order valence-corrected chi connectivity index (χ2v) is 17.3. The van der Waals surface area contributed by atoms with Crippen molar-refractivity contribution in [3.05, 3.63) is 68.3 Å². The number of hydrogen-bond donors (Lipinski definition) is 1. The van der Waals surface area contributed by atoms with Crippen molar-refractivity contribution in [1.29, 1.82) is 0 Å². The lowest BCUT2D eigenvalue weighted by Crippen LogP contribution is -2.67. The van der Waals surface area contributed by atoms with Crippen molar-refractivity contribution in [1.82, 2.24) is 9.80 Å². The zero-order valence-electron chi connectivity index (χ0n) is 28.6. The molecule has 6 saturated heterocycles. The number of benzene rings is 2. The van der Waals surface area contributed by atoms with Crippen molar-refractivity contribution in [3.8, 4) is 0 Å². The van der Waals surface area contributed by atoms with Gasteiger partial charge in [0.05, 0.1) is 14.9 Å². The van der Waals surface area contributed by atoms with E-state index in [1.165, 1.54) is 62.2 Å². The van der Waals surface area contributed by atoms with E-state index in [1.807, 2.05) is 17.5 Å². The van der Waals surface area contributed by atoms with Crippen LogP contribution in [0.25, 0.3) is 20.2 Å². The van der Waals surface area contributed by atoms with E-state index in [2.05, 4.69) is 37.5 Å². The van der Waals surface area contributed by atoms with E-state index >= 15 is 0 Å².